The van der Waals surface area contributed by atoms with E-state index in [0.29, 0.717) is 0 Å². The van der Waals surface area contributed by atoms with Gasteiger partial charge in [0.15, 0.2) is 6.61 Å². The predicted octanol–water partition coefficient (Wildman–Crippen LogP) is 1.91. The maximum absolute atomic E-state index is 11.9. The lowest BCUT2D eigenvalue weighted by molar-refractivity contribution is -0.134. The fourth-order valence-corrected chi connectivity index (χ4v) is 1.78. The van der Waals surface area contributed by atoms with Crippen LogP contribution >= 0.6 is 0 Å². The van der Waals surface area contributed by atoms with Gasteiger partial charge in [0.05, 0.1) is 5.60 Å². The maximum atomic E-state index is 11.9. The minimum Gasteiger partial charge on any atom is -0.483 e. The van der Waals surface area contributed by atoms with E-state index in [1.54, 1.807) is 20.9 Å². The van der Waals surface area contributed by atoms with E-state index in [1.165, 1.54) is 4.90 Å². The minimum atomic E-state index is -0.899. The van der Waals surface area contributed by atoms with Gasteiger partial charge in [-0.15, -0.1) is 0 Å². The normalized spacial score (nSPS) is 11.3. The van der Waals surface area contributed by atoms with E-state index in [0.717, 1.165) is 16.9 Å². The fraction of sp³-hybridized carbons (Fsp3) is 0.533. The van der Waals surface area contributed by atoms with E-state index in [9.17, 15) is 9.90 Å². The van der Waals surface area contributed by atoms with Gasteiger partial charge in [-0.3, -0.25) is 4.79 Å². The zero-order chi connectivity index (χ0) is 14.6. The second kappa shape index (κ2) is 6.06. The molecule has 0 bridgehead atoms. The molecule has 1 amide bonds. The zero-order valence-corrected chi connectivity index (χ0v) is 12.4. The highest BCUT2D eigenvalue weighted by Crippen LogP contribution is 2.19. The third-order valence-electron chi connectivity index (χ3n) is 2.74. The quantitative estimate of drug-likeness (QED) is 0.884. The molecule has 0 atom stereocenters. The SMILES string of the molecule is Cc1ccc(C)c(OCC(=O)N(C)CC(C)(C)O)c1. The molecule has 0 aromatic heterocycles. The number of ether oxygens (including phenoxy) is 1. The average Bonchev–Trinajstić information content (AvgIpc) is 2.27. The van der Waals surface area contributed by atoms with Crippen LogP contribution in [0.4, 0.5) is 0 Å². The molecular weight excluding hydrogens is 242 g/mol. The first kappa shape index (κ1) is 15.5. The van der Waals surface area contributed by atoms with E-state index in [4.69, 9.17) is 4.74 Å². The molecule has 106 valence electrons. The molecule has 19 heavy (non-hydrogen) atoms. The maximum Gasteiger partial charge on any atom is 0.260 e. The summed E-state index contributed by atoms with van der Waals surface area (Å²) < 4.78 is 5.54. The molecule has 4 nitrogen and oxygen atoms in total. The zero-order valence-electron chi connectivity index (χ0n) is 12.4. The van der Waals surface area contributed by atoms with E-state index in [-0.39, 0.29) is 19.1 Å². The van der Waals surface area contributed by atoms with Crippen molar-refractivity contribution in [1.29, 1.82) is 0 Å². The van der Waals surface area contributed by atoms with Crippen LogP contribution < -0.4 is 4.74 Å². The van der Waals surface area contributed by atoms with Gasteiger partial charge < -0.3 is 14.7 Å². The third kappa shape index (κ3) is 5.30. The highest BCUT2D eigenvalue weighted by molar-refractivity contribution is 5.77. The molecule has 1 rings (SSSR count). The number of likely N-dealkylation sites (N-methyl/N-ethyl adjacent to an activating group) is 1. The van der Waals surface area contributed by atoms with Gasteiger partial charge in [-0.2, -0.15) is 0 Å². The highest BCUT2D eigenvalue weighted by atomic mass is 16.5. The van der Waals surface area contributed by atoms with Gasteiger partial charge in [-0.05, 0) is 44.9 Å². The van der Waals surface area contributed by atoms with Crippen molar-refractivity contribution in [3.8, 4) is 5.75 Å². The van der Waals surface area contributed by atoms with Gasteiger partial charge >= 0.3 is 0 Å². The summed E-state index contributed by atoms with van der Waals surface area (Å²) in [5, 5.41) is 9.67. The number of aryl methyl sites for hydroxylation is 2. The molecule has 1 N–H and O–H groups in total. The summed E-state index contributed by atoms with van der Waals surface area (Å²) in [4.78, 5) is 13.4. The van der Waals surface area contributed by atoms with Gasteiger partial charge in [-0.25, -0.2) is 0 Å². The molecule has 1 aromatic rings. The van der Waals surface area contributed by atoms with E-state index in [1.807, 2.05) is 32.0 Å². The van der Waals surface area contributed by atoms with E-state index >= 15 is 0 Å². The number of nitrogens with zero attached hydrogens (tertiary/aromatic N) is 1. The molecule has 4 heteroatoms. The summed E-state index contributed by atoms with van der Waals surface area (Å²) in [5.41, 5.74) is 1.20. The average molecular weight is 265 g/mol. The molecule has 1 aromatic carbocycles. The summed E-state index contributed by atoms with van der Waals surface area (Å²) in [6.45, 7) is 7.53. The Kier molecular flexibility index (Phi) is 4.95. The molecule has 0 saturated carbocycles. The van der Waals surface area contributed by atoms with Crippen LogP contribution in [0.15, 0.2) is 18.2 Å². The largest absolute Gasteiger partial charge is 0.483 e. The standard InChI is InChI=1S/C15H23NO3/c1-11-6-7-12(2)13(8-11)19-9-14(17)16(5)10-15(3,4)18/h6-8,18H,9-10H2,1-5H3. The first-order valence-electron chi connectivity index (χ1n) is 6.35. The molecule has 0 fully saturated rings. The number of hydrogen-bond donors (Lipinski definition) is 1. The minimum absolute atomic E-state index is 0.0170. The van der Waals surface area contributed by atoms with Crippen LogP contribution in [0, 0.1) is 13.8 Å². The number of rotatable bonds is 5. The van der Waals surface area contributed by atoms with Gasteiger partial charge in [0.1, 0.15) is 5.75 Å². The van der Waals surface area contributed by atoms with Gasteiger partial charge in [0.25, 0.3) is 5.91 Å². The second-order valence-electron chi connectivity index (χ2n) is 5.62. The summed E-state index contributed by atoms with van der Waals surface area (Å²) in [7, 11) is 1.66. The molecule has 0 saturated heterocycles. The number of aliphatic hydroxyl groups is 1. The lowest BCUT2D eigenvalue weighted by atomic mass is 10.1. The fourth-order valence-electron chi connectivity index (χ4n) is 1.78. The lowest BCUT2D eigenvalue weighted by Crippen LogP contribution is -2.41. The highest BCUT2D eigenvalue weighted by Gasteiger charge is 2.19. The molecule has 0 spiro atoms. The van der Waals surface area contributed by atoms with Crippen molar-refractivity contribution in [2.24, 2.45) is 0 Å². The summed E-state index contributed by atoms with van der Waals surface area (Å²) >= 11 is 0. The molecule has 0 radical (unpaired) electrons. The van der Waals surface area contributed by atoms with Crippen molar-refractivity contribution in [3.63, 3.8) is 0 Å². The van der Waals surface area contributed by atoms with Crippen molar-refractivity contribution in [2.45, 2.75) is 33.3 Å². The Morgan fingerprint density at radius 2 is 2.00 bits per heavy atom. The van der Waals surface area contributed by atoms with Gasteiger partial charge in [0.2, 0.25) is 0 Å². The molecule has 0 aliphatic carbocycles. The first-order chi connectivity index (χ1) is 8.69. The van der Waals surface area contributed by atoms with E-state index < -0.39 is 5.60 Å². The Morgan fingerprint density at radius 3 is 2.58 bits per heavy atom. The third-order valence-corrected chi connectivity index (χ3v) is 2.74. The number of benzene rings is 1. The van der Waals surface area contributed by atoms with Crippen molar-refractivity contribution in [3.05, 3.63) is 29.3 Å². The Hall–Kier alpha value is -1.55. The van der Waals surface area contributed by atoms with Crippen molar-refractivity contribution >= 4 is 5.91 Å². The lowest BCUT2D eigenvalue weighted by Gasteiger charge is -2.25. The Labute approximate surface area is 115 Å². The van der Waals surface area contributed by atoms with Crippen LogP contribution in [0.3, 0.4) is 0 Å². The summed E-state index contributed by atoms with van der Waals surface area (Å²) in [5.74, 6) is 0.577. The van der Waals surface area contributed by atoms with Gasteiger partial charge in [0, 0.05) is 13.6 Å². The first-order valence-corrected chi connectivity index (χ1v) is 6.35. The van der Waals surface area contributed by atoms with Crippen LogP contribution in [0.5, 0.6) is 5.75 Å². The van der Waals surface area contributed by atoms with Crippen molar-refractivity contribution in [2.75, 3.05) is 20.2 Å². The molecular formula is C15H23NO3. The van der Waals surface area contributed by atoms with E-state index in [2.05, 4.69) is 0 Å². The topological polar surface area (TPSA) is 49.8 Å². The van der Waals surface area contributed by atoms with Crippen molar-refractivity contribution < 1.29 is 14.6 Å². The monoisotopic (exact) mass is 265 g/mol. The molecule has 0 aliphatic rings. The van der Waals surface area contributed by atoms with Crippen molar-refractivity contribution in [1.82, 2.24) is 4.90 Å². The summed E-state index contributed by atoms with van der Waals surface area (Å²) in [6.07, 6.45) is 0. The number of carbonyl (C=O) groups excluding carboxylic acids is 1. The molecule has 0 heterocycles. The van der Waals surface area contributed by atoms with Crippen LogP contribution in [-0.2, 0) is 4.79 Å². The Bertz CT molecular complexity index is 449. The number of amides is 1. The Morgan fingerprint density at radius 1 is 1.37 bits per heavy atom. The predicted molar refractivity (Wildman–Crippen MR) is 75.3 cm³/mol. The van der Waals surface area contributed by atoms with Crippen LogP contribution in [0.25, 0.3) is 0 Å². The van der Waals surface area contributed by atoms with Crippen LogP contribution in [0.1, 0.15) is 25.0 Å². The number of hydrogen-bond acceptors (Lipinski definition) is 3. The smallest absolute Gasteiger partial charge is 0.260 e. The summed E-state index contributed by atoms with van der Waals surface area (Å²) in [6, 6.07) is 5.89. The Balaban J connectivity index is 2.57. The van der Waals surface area contributed by atoms with Crippen LogP contribution in [0.2, 0.25) is 0 Å². The number of carbonyl (C=O) groups is 1. The molecule has 0 aliphatic heterocycles. The van der Waals surface area contributed by atoms with Gasteiger partial charge in [-0.1, -0.05) is 12.1 Å². The second-order valence-corrected chi connectivity index (χ2v) is 5.62. The van der Waals surface area contributed by atoms with Crippen LogP contribution in [-0.4, -0.2) is 41.7 Å². The molecule has 0 unspecified atom stereocenters.